The number of aromatic nitrogens is 1. The second-order valence-corrected chi connectivity index (χ2v) is 6.37. The van der Waals surface area contributed by atoms with Gasteiger partial charge in [-0.15, -0.1) is 0 Å². The molecule has 1 aliphatic rings. The number of aryl methyl sites for hydroxylation is 1. The van der Waals surface area contributed by atoms with Crippen molar-refractivity contribution in [3.8, 4) is 0 Å². The Balaban J connectivity index is 1.76. The zero-order valence-electron chi connectivity index (χ0n) is 12.5. The minimum absolute atomic E-state index is 0.112. The summed E-state index contributed by atoms with van der Waals surface area (Å²) in [6.07, 6.45) is 4.08. The van der Waals surface area contributed by atoms with Gasteiger partial charge in [0, 0.05) is 35.0 Å². The third-order valence-electron chi connectivity index (χ3n) is 3.87. The summed E-state index contributed by atoms with van der Waals surface area (Å²) in [5.41, 5.74) is 2.55. The molecule has 0 radical (unpaired) electrons. The zero-order chi connectivity index (χ0) is 15.5. The maximum Gasteiger partial charge on any atom is 0.255 e. The Kier molecular flexibility index (Phi) is 4.43. The van der Waals surface area contributed by atoms with Crippen LogP contribution in [0.5, 0.6) is 0 Å². The van der Waals surface area contributed by atoms with Gasteiger partial charge in [0.15, 0.2) is 0 Å². The monoisotopic (exact) mass is 359 g/mol. The number of pyridine rings is 1. The molecule has 3 rings (SSSR count). The molecule has 0 unspecified atom stereocenters. The third kappa shape index (κ3) is 3.30. The van der Waals surface area contributed by atoms with Crippen molar-refractivity contribution in [2.75, 3.05) is 23.3 Å². The molecule has 1 fully saturated rings. The van der Waals surface area contributed by atoms with Crippen LogP contribution >= 0.6 is 15.9 Å². The second-order valence-electron chi connectivity index (χ2n) is 5.51. The number of halogens is 1. The van der Waals surface area contributed by atoms with Gasteiger partial charge in [-0.3, -0.25) is 4.79 Å². The highest BCUT2D eigenvalue weighted by atomic mass is 79.9. The molecule has 1 aromatic carbocycles. The zero-order valence-corrected chi connectivity index (χ0v) is 14.1. The van der Waals surface area contributed by atoms with Crippen molar-refractivity contribution in [2.24, 2.45) is 0 Å². The van der Waals surface area contributed by atoms with E-state index in [-0.39, 0.29) is 5.91 Å². The van der Waals surface area contributed by atoms with Gasteiger partial charge in [0.25, 0.3) is 5.91 Å². The average molecular weight is 360 g/mol. The fraction of sp³-hybridized carbons (Fsp3) is 0.294. The van der Waals surface area contributed by atoms with Crippen molar-refractivity contribution >= 4 is 33.3 Å². The summed E-state index contributed by atoms with van der Waals surface area (Å²) in [5.74, 6) is 0.772. The number of carbonyl (C=O) groups excluding carboxylic acids is 1. The van der Waals surface area contributed by atoms with Crippen molar-refractivity contribution in [2.45, 2.75) is 19.8 Å². The van der Waals surface area contributed by atoms with E-state index in [4.69, 9.17) is 0 Å². The molecule has 1 amide bonds. The molecule has 4 nitrogen and oxygen atoms in total. The van der Waals surface area contributed by atoms with Crippen LogP contribution in [0.2, 0.25) is 0 Å². The van der Waals surface area contributed by atoms with E-state index >= 15 is 0 Å². The van der Waals surface area contributed by atoms with Gasteiger partial charge in [-0.25, -0.2) is 4.98 Å². The number of nitrogens with zero attached hydrogens (tertiary/aromatic N) is 2. The number of benzene rings is 1. The summed E-state index contributed by atoms with van der Waals surface area (Å²) in [7, 11) is 0. The van der Waals surface area contributed by atoms with Crippen LogP contribution in [0.25, 0.3) is 0 Å². The van der Waals surface area contributed by atoms with Crippen molar-refractivity contribution in [3.63, 3.8) is 0 Å². The number of carbonyl (C=O) groups is 1. The normalized spacial score (nSPS) is 14.2. The largest absolute Gasteiger partial charge is 0.357 e. The predicted molar refractivity (Wildman–Crippen MR) is 92.5 cm³/mol. The van der Waals surface area contributed by atoms with Gasteiger partial charge in [-0.1, -0.05) is 22.0 Å². The SMILES string of the molecule is Cc1ccc(NC(=O)c2ccnc(N3CCCC3)c2)cc1Br. The lowest BCUT2D eigenvalue weighted by molar-refractivity contribution is 0.102. The molecule has 114 valence electrons. The van der Waals surface area contributed by atoms with Gasteiger partial charge in [0.1, 0.15) is 5.82 Å². The molecule has 2 aromatic rings. The molecule has 0 spiro atoms. The first-order chi connectivity index (χ1) is 10.6. The maximum atomic E-state index is 12.4. The lowest BCUT2D eigenvalue weighted by atomic mass is 10.2. The Morgan fingerprint density at radius 1 is 1.23 bits per heavy atom. The van der Waals surface area contributed by atoms with Gasteiger partial charge < -0.3 is 10.2 Å². The first-order valence-electron chi connectivity index (χ1n) is 7.42. The van der Waals surface area contributed by atoms with Gasteiger partial charge >= 0.3 is 0 Å². The van der Waals surface area contributed by atoms with Crippen LogP contribution in [0.1, 0.15) is 28.8 Å². The van der Waals surface area contributed by atoms with Crippen LogP contribution in [0.3, 0.4) is 0 Å². The van der Waals surface area contributed by atoms with Gasteiger partial charge in [-0.05, 0) is 49.6 Å². The van der Waals surface area contributed by atoms with Gasteiger partial charge in [-0.2, -0.15) is 0 Å². The van der Waals surface area contributed by atoms with E-state index in [2.05, 4.69) is 31.1 Å². The standard InChI is InChI=1S/C17H18BrN3O/c1-12-4-5-14(11-15(12)18)20-17(22)13-6-7-19-16(10-13)21-8-2-3-9-21/h4-7,10-11H,2-3,8-9H2,1H3,(H,20,22). The lowest BCUT2D eigenvalue weighted by Crippen LogP contribution is -2.20. The fourth-order valence-corrected chi connectivity index (χ4v) is 2.93. The van der Waals surface area contributed by atoms with Crippen LogP contribution in [-0.4, -0.2) is 24.0 Å². The molecule has 0 aliphatic carbocycles. The Bertz CT molecular complexity index is 696. The first-order valence-corrected chi connectivity index (χ1v) is 8.21. The van der Waals surface area contributed by atoms with E-state index in [0.29, 0.717) is 5.56 Å². The maximum absolute atomic E-state index is 12.4. The Labute approximate surface area is 138 Å². The molecule has 1 aliphatic heterocycles. The summed E-state index contributed by atoms with van der Waals surface area (Å²) < 4.78 is 0.984. The van der Waals surface area contributed by atoms with E-state index in [0.717, 1.165) is 34.6 Å². The Hall–Kier alpha value is -1.88. The average Bonchev–Trinajstić information content (AvgIpc) is 3.05. The molecule has 2 heterocycles. The van der Waals surface area contributed by atoms with Crippen molar-refractivity contribution in [3.05, 3.63) is 52.1 Å². The molecule has 1 saturated heterocycles. The highest BCUT2D eigenvalue weighted by Crippen LogP contribution is 2.22. The van der Waals surface area contributed by atoms with Crippen LogP contribution in [0.15, 0.2) is 41.0 Å². The van der Waals surface area contributed by atoms with E-state index in [9.17, 15) is 4.79 Å². The highest BCUT2D eigenvalue weighted by molar-refractivity contribution is 9.10. The lowest BCUT2D eigenvalue weighted by Gasteiger charge is -2.16. The van der Waals surface area contributed by atoms with Gasteiger partial charge in [0.05, 0.1) is 0 Å². The van der Waals surface area contributed by atoms with E-state index in [1.54, 1.807) is 12.3 Å². The molecule has 0 bridgehead atoms. The Morgan fingerprint density at radius 3 is 2.73 bits per heavy atom. The van der Waals surface area contributed by atoms with Crippen LogP contribution < -0.4 is 10.2 Å². The molecule has 1 aromatic heterocycles. The van der Waals surface area contributed by atoms with Crippen molar-refractivity contribution in [1.82, 2.24) is 4.98 Å². The number of hydrogen-bond acceptors (Lipinski definition) is 3. The molecule has 0 saturated carbocycles. The van der Waals surface area contributed by atoms with Gasteiger partial charge in [0.2, 0.25) is 0 Å². The van der Waals surface area contributed by atoms with Crippen LogP contribution in [-0.2, 0) is 0 Å². The highest BCUT2D eigenvalue weighted by Gasteiger charge is 2.15. The summed E-state index contributed by atoms with van der Waals surface area (Å²) in [4.78, 5) is 19.0. The van der Waals surface area contributed by atoms with Crippen molar-refractivity contribution in [1.29, 1.82) is 0 Å². The molecule has 1 N–H and O–H groups in total. The molecule has 22 heavy (non-hydrogen) atoms. The van der Waals surface area contributed by atoms with Crippen LogP contribution in [0.4, 0.5) is 11.5 Å². The number of amides is 1. The van der Waals surface area contributed by atoms with E-state index in [1.165, 1.54) is 12.8 Å². The smallest absolute Gasteiger partial charge is 0.255 e. The topological polar surface area (TPSA) is 45.2 Å². The van der Waals surface area contributed by atoms with E-state index < -0.39 is 0 Å². The van der Waals surface area contributed by atoms with Crippen molar-refractivity contribution < 1.29 is 4.79 Å². The first kappa shape index (κ1) is 15.0. The number of anilines is 2. The summed E-state index contributed by atoms with van der Waals surface area (Å²) in [6, 6.07) is 9.40. The van der Waals surface area contributed by atoms with E-state index in [1.807, 2.05) is 31.2 Å². The third-order valence-corrected chi connectivity index (χ3v) is 4.72. The predicted octanol–water partition coefficient (Wildman–Crippen LogP) is 4.01. The summed E-state index contributed by atoms with van der Waals surface area (Å²) in [6.45, 7) is 4.05. The molecular weight excluding hydrogens is 342 g/mol. The number of rotatable bonds is 3. The molecule has 5 heteroatoms. The quantitative estimate of drug-likeness (QED) is 0.900. The minimum Gasteiger partial charge on any atom is -0.357 e. The van der Waals surface area contributed by atoms with Crippen LogP contribution in [0, 0.1) is 6.92 Å². The fourth-order valence-electron chi connectivity index (χ4n) is 2.55. The molecule has 0 atom stereocenters. The summed E-state index contributed by atoms with van der Waals surface area (Å²) in [5, 5.41) is 2.93. The Morgan fingerprint density at radius 2 is 2.00 bits per heavy atom. The number of nitrogens with one attached hydrogen (secondary N) is 1. The summed E-state index contributed by atoms with van der Waals surface area (Å²) >= 11 is 3.48. The number of hydrogen-bond donors (Lipinski definition) is 1. The molecular formula is C17H18BrN3O. The second kappa shape index (κ2) is 6.48. The minimum atomic E-state index is -0.112.